The minimum atomic E-state index is 0.818. The number of fused-ring (bicyclic) bond motifs is 2. The van der Waals surface area contributed by atoms with E-state index in [0.29, 0.717) is 0 Å². The van der Waals surface area contributed by atoms with E-state index < -0.39 is 0 Å². The van der Waals surface area contributed by atoms with E-state index >= 15 is 0 Å². The molecule has 4 rings (SSSR count). The predicted octanol–water partition coefficient (Wildman–Crippen LogP) is 3.84. The van der Waals surface area contributed by atoms with Crippen molar-refractivity contribution in [2.45, 2.75) is 57.0 Å². The van der Waals surface area contributed by atoms with Crippen molar-refractivity contribution in [3.05, 3.63) is 35.4 Å². The van der Waals surface area contributed by atoms with Gasteiger partial charge in [0.1, 0.15) is 0 Å². The zero-order valence-electron chi connectivity index (χ0n) is 11.1. The summed E-state index contributed by atoms with van der Waals surface area (Å²) in [6.07, 6.45) is 8.73. The molecule has 3 fully saturated rings. The summed E-state index contributed by atoms with van der Waals surface area (Å²) in [6.45, 7) is 1.09. The highest BCUT2D eigenvalue weighted by atomic mass is 14.9. The third-order valence-electron chi connectivity index (χ3n) is 5.35. The minimum absolute atomic E-state index is 0.818. The van der Waals surface area contributed by atoms with Crippen LogP contribution in [0.4, 0.5) is 0 Å². The highest BCUT2D eigenvalue weighted by Gasteiger charge is 2.40. The van der Waals surface area contributed by atoms with Crippen molar-refractivity contribution in [1.29, 1.82) is 0 Å². The van der Waals surface area contributed by atoms with Crippen LogP contribution in [0.15, 0.2) is 24.3 Å². The van der Waals surface area contributed by atoms with Gasteiger partial charge in [0.2, 0.25) is 0 Å². The molecule has 1 aromatic carbocycles. The molecule has 0 saturated heterocycles. The Bertz CT molecular complexity index is 435. The maximum absolute atomic E-state index is 3.68. The molecule has 1 nitrogen and oxygen atoms in total. The van der Waals surface area contributed by atoms with Gasteiger partial charge in [-0.05, 0) is 61.0 Å². The molecule has 0 amide bonds. The fourth-order valence-electron chi connectivity index (χ4n) is 4.22. The first-order valence-corrected chi connectivity index (χ1v) is 7.71. The van der Waals surface area contributed by atoms with Gasteiger partial charge in [-0.3, -0.25) is 0 Å². The van der Waals surface area contributed by atoms with Gasteiger partial charge in [0, 0.05) is 12.6 Å². The molecule has 96 valence electrons. The molecule has 3 aliphatic carbocycles. The highest BCUT2D eigenvalue weighted by molar-refractivity contribution is 5.32. The van der Waals surface area contributed by atoms with Crippen molar-refractivity contribution in [3.8, 4) is 0 Å². The normalized spacial score (nSPS) is 34.1. The summed E-state index contributed by atoms with van der Waals surface area (Å²) in [5.74, 6) is 2.92. The summed E-state index contributed by atoms with van der Waals surface area (Å²) < 4.78 is 0. The Balaban J connectivity index is 1.55. The van der Waals surface area contributed by atoms with Crippen LogP contribution in [0.1, 0.15) is 55.6 Å². The first-order valence-electron chi connectivity index (χ1n) is 7.71. The Kier molecular flexibility index (Phi) is 2.69. The molecule has 1 unspecified atom stereocenters. The fourth-order valence-corrected chi connectivity index (χ4v) is 4.22. The molecular weight excluding hydrogens is 218 g/mol. The molecule has 18 heavy (non-hydrogen) atoms. The van der Waals surface area contributed by atoms with Crippen LogP contribution in [0.25, 0.3) is 0 Å². The lowest BCUT2D eigenvalue weighted by Crippen LogP contribution is -2.18. The lowest BCUT2D eigenvalue weighted by atomic mass is 9.81. The maximum atomic E-state index is 3.68. The minimum Gasteiger partial charge on any atom is -0.310 e. The first-order chi connectivity index (χ1) is 8.90. The van der Waals surface area contributed by atoms with Crippen molar-refractivity contribution in [1.82, 2.24) is 5.32 Å². The number of nitrogens with one attached hydrogen (secondary N) is 1. The van der Waals surface area contributed by atoms with Crippen LogP contribution >= 0.6 is 0 Å². The van der Waals surface area contributed by atoms with Gasteiger partial charge in [-0.1, -0.05) is 30.7 Å². The van der Waals surface area contributed by atoms with Gasteiger partial charge < -0.3 is 5.32 Å². The third kappa shape index (κ3) is 1.99. The Labute approximate surface area is 110 Å². The van der Waals surface area contributed by atoms with E-state index in [0.717, 1.165) is 30.3 Å². The molecule has 1 aromatic rings. The molecule has 2 bridgehead atoms. The van der Waals surface area contributed by atoms with E-state index in [-0.39, 0.29) is 0 Å². The van der Waals surface area contributed by atoms with E-state index in [1.54, 1.807) is 11.1 Å². The zero-order valence-corrected chi connectivity index (χ0v) is 11.1. The van der Waals surface area contributed by atoms with Crippen molar-refractivity contribution >= 4 is 0 Å². The summed E-state index contributed by atoms with van der Waals surface area (Å²) in [4.78, 5) is 0. The van der Waals surface area contributed by atoms with Gasteiger partial charge in [-0.2, -0.15) is 0 Å². The molecule has 1 heteroatoms. The number of rotatable bonds is 4. The van der Waals surface area contributed by atoms with Crippen molar-refractivity contribution in [3.63, 3.8) is 0 Å². The van der Waals surface area contributed by atoms with Crippen molar-refractivity contribution < 1.29 is 0 Å². The average molecular weight is 241 g/mol. The molecule has 0 radical (unpaired) electrons. The van der Waals surface area contributed by atoms with Crippen LogP contribution < -0.4 is 5.32 Å². The van der Waals surface area contributed by atoms with Crippen LogP contribution in [0, 0.1) is 11.8 Å². The SMILES string of the molecule is c1ccc(C2C[C@@H]3CC[C@H]2C3)c(CNC2CC2)c1. The van der Waals surface area contributed by atoms with Crippen LogP contribution in [-0.2, 0) is 6.54 Å². The van der Waals surface area contributed by atoms with Gasteiger partial charge >= 0.3 is 0 Å². The Morgan fingerprint density at radius 1 is 1.00 bits per heavy atom. The van der Waals surface area contributed by atoms with Crippen molar-refractivity contribution in [2.75, 3.05) is 0 Å². The van der Waals surface area contributed by atoms with Crippen molar-refractivity contribution in [2.24, 2.45) is 11.8 Å². The third-order valence-corrected chi connectivity index (χ3v) is 5.35. The number of hydrogen-bond donors (Lipinski definition) is 1. The quantitative estimate of drug-likeness (QED) is 0.844. The summed E-state index contributed by atoms with van der Waals surface area (Å²) in [5.41, 5.74) is 3.24. The monoisotopic (exact) mass is 241 g/mol. The van der Waals surface area contributed by atoms with E-state index in [1.807, 2.05) is 0 Å². The van der Waals surface area contributed by atoms with E-state index in [2.05, 4.69) is 29.6 Å². The molecule has 0 aromatic heterocycles. The predicted molar refractivity (Wildman–Crippen MR) is 74.5 cm³/mol. The van der Waals surface area contributed by atoms with E-state index in [9.17, 15) is 0 Å². The van der Waals surface area contributed by atoms with Gasteiger partial charge in [-0.15, -0.1) is 0 Å². The highest BCUT2D eigenvalue weighted by Crippen LogP contribution is 2.53. The standard InChI is InChI=1S/C17H23N/c1-2-4-16(14(3-1)11-18-15-7-8-15)17-10-12-5-6-13(17)9-12/h1-4,12-13,15,17-18H,5-11H2/t12-,13+,17?/m1/s1. The van der Waals surface area contributed by atoms with Gasteiger partial charge in [-0.25, -0.2) is 0 Å². The largest absolute Gasteiger partial charge is 0.310 e. The summed E-state index contributed by atoms with van der Waals surface area (Å²) in [5, 5.41) is 3.68. The van der Waals surface area contributed by atoms with E-state index in [4.69, 9.17) is 0 Å². The zero-order chi connectivity index (χ0) is 11.9. The molecule has 3 aliphatic rings. The van der Waals surface area contributed by atoms with Crippen LogP contribution in [0.5, 0.6) is 0 Å². The van der Waals surface area contributed by atoms with Gasteiger partial charge in [0.25, 0.3) is 0 Å². The molecule has 1 N–H and O–H groups in total. The maximum Gasteiger partial charge on any atom is 0.0210 e. The smallest absolute Gasteiger partial charge is 0.0210 e. The van der Waals surface area contributed by atoms with Gasteiger partial charge in [0.15, 0.2) is 0 Å². The molecular formula is C17H23N. The van der Waals surface area contributed by atoms with E-state index in [1.165, 1.54) is 38.5 Å². The summed E-state index contributed by atoms with van der Waals surface area (Å²) >= 11 is 0. The van der Waals surface area contributed by atoms with Gasteiger partial charge in [0.05, 0.1) is 0 Å². The molecule has 3 atom stereocenters. The Hall–Kier alpha value is -0.820. The van der Waals surface area contributed by atoms with Crippen LogP contribution in [0.3, 0.4) is 0 Å². The number of hydrogen-bond acceptors (Lipinski definition) is 1. The fraction of sp³-hybridized carbons (Fsp3) is 0.647. The summed E-state index contributed by atoms with van der Waals surface area (Å²) in [6, 6.07) is 10.0. The molecule has 0 heterocycles. The second-order valence-corrected chi connectivity index (χ2v) is 6.64. The topological polar surface area (TPSA) is 12.0 Å². The average Bonchev–Trinajstić information content (AvgIpc) is 3.00. The first kappa shape index (κ1) is 11.0. The summed E-state index contributed by atoms with van der Waals surface area (Å²) in [7, 11) is 0. The van der Waals surface area contributed by atoms with Crippen LogP contribution in [-0.4, -0.2) is 6.04 Å². The Morgan fingerprint density at radius 3 is 2.61 bits per heavy atom. The molecule has 3 saturated carbocycles. The second kappa shape index (κ2) is 4.38. The lowest BCUT2D eigenvalue weighted by molar-refractivity contribution is 0.417. The molecule has 0 spiro atoms. The second-order valence-electron chi connectivity index (χ2n) is 6.64. The number of benzene rings is 1. The Morgan fingerprint density at radius 2 is 1.89 bits per heavy atom. The van der Waals surface area contributed by atoms with Crippen LogP contribution in [0.2, 0.25) is 0 Å². The molecule has 0 aliphatic heterocycles. The lowest BCUT2D eigenvalue weighted by Gasteiger charge is -2.24.